The molecule has 4 heteroatoms. The predicted molar refractivity (Wildman–Crippen MR) is 211 cm³/mol. The zero-order valence-corrected chi connectivity index (χ0v) is 32.2. The van der Waals surface area contributed by atoms with Gasteiger partial charge >= 0.3 is 11.9 Å². The second-order valence-corrected chi connectivity index (χ2v) is 17.5. The van der Waals surface area contributed by atoms with Gasteiger partial charge in [-0.2, -0.15) is 0 Å². The highest BCUT2D eigenvalue weighted by Gasteiger charge is 2.38. The number of carbonyl (C=O) groups is 2. The van der Waals surface area contributed by atoms with Gasteiger partial charge in [-0.25, -0.2) is 0 Å². The third kappa shape index (κ3) is 8.27. The van der Waals surface area contributed by atoms with Gasteiger partial charge in [-0.15, -0.1) is 0 Å². The van der Waals surface area contributed by atoms with Gasteiger partial charge in [-0.05, 0) is 156 Å². The molecule has 3 aromatic rings. The molecule has 0 heterocycles. The number of methoxy groups -OCH3 is 1. The van der Waals surface area contributed by atoms with E-state index in [1.165, 1.54) is 83.7 Å². The molecule has 4 aliphatic rings. The summed E-state index contributed by atoms with van der Waals surface area (Å²) in [5.41, 5.74) is 15.3. The first-order valence-electron chi connectivity index (χ1n) is 19.3. The maximum Gasteiger partial charge on any atom is 0.308 e. The highest BCUT2D eigenvalue weighted by molar-refractivity contribution is 5.95. The number of carboxylic acid groups (broad SMARTS) is 1. The van der Waals surface area contributed by atoms with Gasteiger partial charge in [0.1, 0.15) is 0 Å². The maximum absolute atomic E-state index is 12.1. The number of ether oxygens (including phenoxy) is 1. The number of esters is 1. The standard InChI is InChI=1S/C42H46O4.C5H12/c1-24-5-7-29(8-6-24)41-36(23-40(43)44)25(2)17-34-20-33(22-38(34)41)31-15-16-35-26(3)18-37(39(35)21-31)28-11-9-27(10-12-28)30-13-14-32(19-30)42(45)46-4;1-5(2,3)4/h5-8,15-18,20-21,26-28,30,32H,9-14,19,22-23H2,1-4H3,(H,43,44);1-4H3/t26?,27?,28?,30-,32?;/m1./s1. The van der Waals surface area contributed by atoms with Crippen LogP contribution in [0.5, 0.6) is 0 Å². The van der Waals surface area contributed by atoms with Crippen molar-refractivity contribution in [1.82, 2.24) is 0 Å². The largest absolute Gasteiger partial charge is 0.481 e. The first-order chi connectivity index (χ1) is 24.2. The van der Waals surface area contributed by atoms with Crippen molar-refractivity contribution < 1.29 is 19.4 Å². The molecule has 2 saturated carbocycles. The van der Waals surface area contributed by atoms with E-state index in [1.54, 1.807) is 0 Å². The van der Waals surface area contributed by atoms with Gasteiger partial charge in [0.2, 0.25) is 0 Å². The van der Waals surface area contributed by atoms with Crippen LogP contribution in [-0.2, 0) is 27.2 Å². The van der Waals surface area contributed by atoms with Crippen LogP contribution in [0.3, 0.4) is 0 Å². The summed E-state index contributed by atoms with van der Waals surface area (Å²) in [5.74, 6) is 1.71. The Hall–Kier alpha value is -3.92. The summed E-state index contributed by atoms with van der Waals surface area (Å²) in [5, 5.41) is 9.80. The molecule has 0 bridgehead atoms. The van der Waals surface area contributed by atoms with Crippen molar-refractivity contribution in [3.63, 3.8) is 0 Å². The van der Waals surface area contributed by atoms with E-state index in [4.69, 9.17) is 4.74 Å². The molecule has 4 nitrogen and oxygen atoms in total. The summed E-state index contributed by atoms with van der Waals surface area (Å²) >= 11 is 0. The SMILES string of the molecule is CC(C)(C)C.COC(=O)C1CC[C@@H](C2CCC(C3=CC(C)c4ccc(C5=Cc6cc(C)c(CC(=O)O)c(-c7ccc(C)cc7)c6C5)cc43)CC2)C1. The first kappa shape index (κ1) is 36.9. The average Bonchev–Trinajstić information content (AvgIpc) is 3.82. The summed E-state index contributed by atoms with van der Waals surface area (Å²) in [6.45, 7) is 15.2. The number of aliphatic carboxylic acids is 1. The second-order valence-electron chi connectivity index (χ2n) is 17.5. The minimum Gasteiger partial charge on any atom is -0.481 e. The van der Waals surface area contributed by atoms with E-state index in [1.807, 2.05) is 0 Å². The number of carboxylic acids is 1. The molecule has 0 saturated heterocycles. The number of hydrogen-bond donors (Lipinski definition) is 1. The summed E-state index contributed by atoms with van der Waals surface area (Å²) < 4.78 is 5.04. The Morgan fingerprint density at radius 1 is 0.863 bits per heavy atom. The lowest BCUT2D eigenvalue weighted by Crippen LogP contribution is -2.22. The van der Waals surface area contributed by atoms with Crippen LogP contribution in [0.25, 0.3) is 28.3 Å². The van der Waals surface area contributed by atoms with Crippen LogP contribution >= 0.6 is 0 Å². The van der Waals surface area contributed by atoms with E-state index in [0.717, 1.165) is 47.4 Å². The monoisotopic (exact) mass is 686 g/mol. The van der Waals surface area contributed by atoms with Crippen LogP contribution in [0.4, 0.5) is 0 Å². The molecule has 0 aliphatic heterocycles. The lowest BCUT2D eigenvalue weighted by Gasteiger charge is -2.33. The summed E-state index contributed by atoms with van der Waals surface area (Å²) in [6.07, 6.45) is 13.8. The molecule has 7 rings (SSSR count). The van der Waals surface area contributed by atoms with Crippen molar-refractivity contribution >= 4 is 29.2 Å². The fraction of sp³-hybridized carbons (Fsp3) is 0.489. The number of hydrogen-bond acceptors (Lipinski definition) is 3. The zero-order valence-electron chi connectivity index (χ0n) is 32.2. The molecular formula is C47H58O4. The van der Waals surface area contributed by atoms with E-state index in [9.17, 15) is 14.7 Å². The fourth-order valence-electron chi connectivity index (χ4n) is 9.25. The van der Waals surface area contributed by atoms with Crippen molar-refractivity contribution in [1.29, 1.82) is 0 Å². The van der Waals surface area contributed by atoms with Crippen molar-refractivity contribution in [2.45, 2.75) is 112 Å². The predicted octanol–water partition coefficient (Wildman–Crippen LogP) is 11.6. The van der Waals surface area contributed by atoms with E-state index in [2.05, 4.69) is 109 Å². The molecule has 2 unspecified atom stereocenters. The Labute approximate surface area is 306 Å². The molecule has 270 valence electrons. The van der Waals surface area contributed by atoms with Gasteiger partial charge < -0.3 is 9.84 Å². The molecular weight excluding hydrogens is 629 g/mol. The number of fused-ring (bicyclic) bond motifs is 2. The van der Waals surface area contributed by atoms with Crippen LogP contribution in [0, 0.1) is 42.9 Å². The molecule has 2 fully saturated rings. The van der Waals surface area contributed by atoms with Crippen molar-refractivity contribution in [2.75, 3.05) is 7.11 Å². The average molecular weight is 687 g/mol. The highest BCUT2D eigenvalue weighted by atomic mass is 16.5. The molecule has 0 aromatic heterocycles. The van der Waals surface area contributed by atoms with Crippen LogP contribution in [0.15, 0.2) is 54.6 Å². The van der Waals surface area contributed by atoms with Gasteiger partial charge in [-0.1, -0.05) is 94.8 Å². The molecule has 3 atom stereocenters. The van der Waals surface area contributed by atoms with Gasteiger partial charge in [0.25, 0.3) is 0 Å². The van der Waals surface area contributed by atoms with Crippen molar-refractivity contribution in [3.8, 4) is 11.1 Å². The molecule has 51 heavy (non-hydrogen) atoms. The number of benzene rings is 3. The lowest BCUT2D eigenvalue weighted by molar-refractivity contribution is -0.145. The summed E-state index contributed by atoms with van der Waals surface area (Å²) in [4.78, 5) is 24.0. The first-order valence-corrected chi connectivity index (χ1v) is 19.3. The molecule has 0 radical (unpaired) electrons. The van der Waals surface area contributed by atoms with Crippen LogP contribution < -0.4 is 0 Å². The van der Waals surface area contributed by atoms with Gasteiger partial charge in [0.05, 0.1) is 19.4 Å². The Bertz CT molecular complexity index is 1840. The molecule has 3 aromatic carbocycles. The zero-order chi connectivity index (χ0) is 36.6. The quantitative estimate of drug-likeness (QED) is 0.251. The van der Waals surface area contributed by atoms with Gasteiger partial charge in [0.15, 0.2) is 0 Å². The summed E-state index contributed by atoms with van der Waals surface area (Å²) in [6, 6.07) is 17.8. The topological polar surface area (TPSA) is 63.6 Å². The number of aryl methyl sites for hydroxylation is 2. The Kier molecular flexibility index (Phi) is 10.8. The van der Waals surface area contributed by atoms with Gasteiger partial charge in [0, 0.05) is 5.92 Å². The normalized spacial score (nSPS) is 23.8. The minimum absolute atomic E-state index is 0.0172. The van der Waals surface area contributed by atoms with Crippen molar-refractivity contribution in [2.24, 2.45) is 29.1 Å². The van der Waals surface area contributed by atoms with E-state index in [-0.39, 0.29) is 18.3 Å². The van der Waals surface area contributed by atoms with Crippen LogP contribution in [-0.4, -0.2) is 24.2 Å². The molecule has 4 aliphatic carbocycles. The van der Waals surface area contributed by atoms with E-state index in [0.29, 0.717) is 23.2 Å². The van der Waals surface area contributed by atoms with Crippen LogP contribution in [0.2, 0.25) is 0 Å². The number of allylic oxidation sites excluding steroid dienone is 3. The summed E-state index contributed by atoms with van der Waals surface area (Å²) in [7, 11) is 1.52. The van der Waals surface area contributed by atoms with Gasteiger partial charge in [-0.3, -0.25) is 9.59 Å². The fourth-order valence-corrected chi connectivity index (χ4v) is 9.25. The third-order valence-corrected chi connectivity index (χ3v) is 11.7. The molecule has 0 spiro atoms. The second kappa shape index (κ2) is 15.0. The lowest BCUT2D eigenvalue weighted by atomic mass is 9.72. The third-order valence-electron chi connectivity index (χ3n) is 11.7. The smallest absolute Gasteiger partial charge is 0.308 e. The Balaban J connectivity index is 0.000000839. The van der Waals surface area contributed by atoms with E-state index >= 15 is 0 Å². The molecule has 0 amide bonds. The minimum atomic E-state index is -0.794. The Morgan fingerprint density at radius 2 is 1.51 bits per heavy atom. The number of carbonyl (C=O) groups excluding carboxylic acids is 1. The number of rotatable bonds is 7. The maximum atomic E-state index is 12.1. The van der Waals surface area contributed by atoms with Crippen LogP contribution in [0.1, 0.15) is 130 Å². The van der Waals surface area contributed by atoms with E-state index < -0.39 is 5.97 Å². The van der Waals surface area contributed by atoms with Crippen molar-refractivity contribution in [3.05, 3.63) is 99.1 Å². The Morgan fingerprint density at radius 3 is 2.16 bits per heavy atom. The highest BCUT2D eigenvalue weighted by Crippen LogP contribution is 2.50. The molecule has 1 N–H and O–H groups in total.